The van der Waals surface area contributed by atoms with Crippen molar-refractivity contribution in [3.63, 3.8) is 0 Å². The summed E-state index contributed by atoms with van der Waals surface area (Å²) < 4.78 is 34.1. The molecule has 0 bridgehead atoms. The second kappa shape index (κ2) is 9.79. The number of rotatable bonds is 6. The Kier molecular flexibility index (Phi) is 7.08. The summed E-state index contributed by atoms with van der Waals surface area (Å²) in [5, 5.41) is 4.06. The molecule has 2 aliphatic heterocycles. The third-order valence-corrected chi connectivity index (χ3v) is 8.57. The molecule has 1 aromatic carbocycles. The maximum absolute atomic E-state index is 13.4. The van der Waals surface area contributed by atoms with Gasteiger partial charge in [0, 0.05) is 18.5 Å². The lowest BCUT2D eigenvalue weighted by Gasteiger charge is -2.39. The van der Waals surface area contributed by atoms with E-state index in [1.807, 2.05) is 10.4 Å². The molecule has 3 heterocycles. The SMILES string of the molecule is CC(C)c1noc(CN2CCC(C3CCCCCN3S(=O)(=O)c3ccccc3)CC2)n1. The van der Waals surface area contributed by atoms with Gasteiger partial charge in [0.2, 0.25) is 15.9 Å². The molecule has 1 unspecified atom stereocenters. The number of nitrogens with zero attached hydrogens (tertiary/aromatic N) is 4. The number of benzene rings is 1. The third kappa shape index (κ3) is 5.18. The van der Waals surface area contributed by atoms with Crippen molar-refractivity contribution in [2.24, 2.45) is 5.92 Å². The van der Waals surface area contributed by atoms with Gasteiger partial charge in [-0.05, 0) is 56.8 Å². The van der Waals surface area contributed by atoms with Crippen LogP contribution in [0.15, 0.2) is 39.8 Å². The van der Waals surface area contributed by atoms with Crippen LogP contribution in [0.3, 0.4) is 0 Å². The normalized spacial score (nSPS) is 22.6. The first-order valence-electron chi connectivity index (χ1n) is 11.6. The molecule has 0 aliphatic carbocycles. The van der Waals surface area contributed by atoms with Gasteiger partial charge in [0.25, 0.3) is 0 Å². The average molecular weight is 447 g/mol. The van der Waals surface area contributed by atoms with Crippen LogP contribution in [-0.2, 0) is 16.6 Å². The first-order chi connectivity index (χ1) is 14.9. The van der Waals surface area contributed by atoms with Crippen LogP contribution >= 0.6 is 0 Å². The molecule has 2 aromatic rings. The highest BCUT2D eigenvalue weighted by molar-refractivity contribution is 7.89. The molecule has 2 fully saturated rings. The van der Waals surface area contributed by atoms with Gasteiger partial charge in [-0.25, -0.2) is 8.42 Å². The van der Waals surface area contributed by atoms with Crippen LogP contribution in [0.4, 0.5) is 0 Å². The van der Waals surface area contributed by atoms with E-state index >= 15 is 0 Å². The lowest BCUT2D eigenvalue weighted by Crippen LogP contribution is -2.47. The van der Waals surface area contributed by atoms with E-state index < -0.39 is 10.0 Å². The van der Waals surface area contributed by atoms with Crippen LogP contribution in [0, 0.1) is 5.92 Å². The van der Waals surface area contributed by atoms with E-state index in [1.54, 1.807) is 24.3 Å². The Morgan fingerprint density at radius 2 is 1.77 bits per heavy atom. The number of hydrogen-bond donors (Lipinski definition) is 0. The van der Waals surface area contributed by atoms with Gasteiger partial charge in [-0.2, -0.15) is 9.29 Å². The highest BCUT2D eigenvalue weighted by atomic mass is 32.2. The molecule has 0 spiro atoms. The molecule has 4 rings (SSSR count). The fourth-order valence-electron chi connectivity index (χ4n) is 4.86. The Bertz CT molecular complexity index is 937. The van der Waals surface area contributed by atoms with Gasteiger partial charge in [-0.3, -0.25) is 4.90 Å². The predicted octanol–water partition coefficient (Wildman–Crippen LogP) is 4.04. The third-order valence-electron chi connectivity index (χ3n) is 6.63. The van der Waals surface area contributed by atoms with Crippen molar-refractivity contribution in [3.8, 4) is 0 Å². The van der Waals surface area contributed by atoms with Crippen LogP contribution in [0.2, 0.25) is 0 Å². The van der Waals surface area contributed by atoms with E-state index in [-0.39, 0.29) is 12.0 Å². The summed E-state index contributed by atoms with van der Waals surface area (Å²) in [6, 6.07) is 9.00. The molecular weight excluding hydrogens is 412 g/mol. The van der Waals surface area contributed by atoms with Gasteiger partial charge >= 0.3 is 0 Å². The Morgan fingerprint density at radius 3 is 2.45 bits per heavy atom. The maximum Gasteiger partial charge on any atom is 0.243 e. The molecule has 7 nitrogen and oxygen atoms in total. The molecular formula is C23H34N4O3S. The molecule has 1 atom stereocenters. The van der Waals surface area contributed by atoms with E-state index in [9.17, 15) is 8.42 Å². The van der Waals surface area contributed by atoms with Crippen molar-refractivity contribution in [2.75, 3.05) is 19.6 Å². The monoisotopic (exact) mass is 446 g/mol. The second-order valence-corrected chi connectivity index (χ2v) is 11.1. The summed E-state index contributed by atoms with van der Waals surface area (Å²) in [5.41, 5.74) is 0. The van der Waals surface area contributed by atoms with Crippen molar-refractivity contribution < 1.29 is 12.9 Å². The van der Waals surface area contributed by atoms with Crippen molar-refractivity contribution in [1.82, 2.24) is 19.3 Å². The van der Waals surface area contributed by atoms with Gasteiger partial charge in [-0.15, -0.1) is 0 Å². The fraction of sp³-hybridized carbons (Fsp3) is 0.652. The zero-order valence-corrected chi connectivity index (χ0v) is 19.4. The Labute approximate surface area is 185 Å². The lowest BCUT2D eigenvalue weighted by molar-refractivity contribution is 0.115. The number of likely N-dealkylation sites (tertiary alicyclic amines) is 1. The molecule has 2 saturated heterocycles. The average Bonchev–Trinajstić information content (AvgIpc) is 3.10. The van der Waals surface area contributed by atoms with E-state index in [0.29, 0.717) is 29.8 Å². The molecule has 0 radical (unpaired) electrons. The number of hydrogen-bond acceptors (Lipinski definition) is 6. The molecule has 8 heteroatoms. The van der Waals surface area contributed by atoms with Crippen molar-refractivity contribution in [2.45, 2.75) is 75.8 Å². The molecule has 0 N–H and O–H groups in total. The van der Waals surface area contributed by atoms with E-state index in [4.69, 9.17) is 4.52 Å². The van der Waals surface area contributed by atoms with Crippen molar-refractivity contribution >= 4 is 10.0 Å². The summed E-state index contributed by atoms with van der Waals surface area (Å²) in [4.78, 5) is 7.26. The van der Waals surface area contributed by atoms with Gasteiger partial charge in [0.15, 0.2) is 5.82 Å². The molecule has 0 amide bonds. The first kappa shape index (κ1) is 22.4. The maximum atomic E-state index is 13.4. The Hall–Kier alpha value is -1.77. The zero-order chi connectivity index (χ0) is 21.8. The Morgan fingerprint density at radius 1 is 1.03 bits per heavy atom. The molecule has 170 valence electrons. The highest BCUT2D eigenvalue weighted by Gasteiger charge is 2.38. The topological polar surface area (TPSA) is 79.5 Å². The smallest absolute Gasteiger partial charge is 0.243 e. The summed E-state index contributed by atoms with van der Waals surface area (Å²) in [6.07, 6.45) is 6.10. The van der Waals surface area contributed by atoms with E-state index in [2.05, 4.69) is 28.9 Å². The van der Waals surface area contributed by atoms with Crippen LogP contribution in [0.5, 0.6) is 0 Å². The predicted molar refractivity (Wildman–Crippen MR) is 119 cm³/mol. The van der Waals surface area contributed by atoms with Crippen molar-refractivity contribution in [3.05, 3.63) is 42.0 Å². The molecule has 2 aliphatic rings. The van der Waals surface area contributed by atoms with Gasteiger partial charge in [0.1, 0.15) is 0 Å². The minimum absolute atomic E-state index is 0.0887. The largest absolute Gasteiger partial charge is 0.338 e. The zero-order valence-electron chi connectivity index (χ0n) is 18.6. The minimum Gasteiger partial charge on any atom is -0.338 e. The van der Waals surface area contributed by atoms with Crippen LogP contribution < -0.4 is 0 Å². The molecule has 1 aromatic heterocycles. The summed E-state index contributed by atoms with van der Waals surface area (Å²) in [6.45, 7) is 7.27. The number of aromatic nitrogens is 2. The highest BCUT2D eigenvalue weighted by Crippen LogP contribution is 2.33. The summed E-state index contributed by atoms with van der Waals surface area (Å²) in [5.74, 6) is 2.08. The van der Waals surface area contributed by atoms with Crippen LogP contribution in [-0.4, -0.2) is 53.4 Å². The van der Waals surface area contributed by atoms with Gasteiger partial charge in [-0.1, -0.05) is 50.0 Å². The van der Waals surface area contributed by atoms with Crippen molar-refractivity contribution in [1.29, 1.82) is 0 Å². The van der Waals surface area contributed by atoms with Gasteiger partial charge < -0.3 is 4.52 Å². The fourth-order valence-corrected chi connectivity index (χ4v) is 6.63. The lowest BCUT2D eigenvalue weighted by atomic mass is 9.87. The number of sulfonamides is 1. The second-order valence-electron chi connectivity index (χ2n) is 9.16. The van der Waals surface area contributed by atoms with Crippen LogP contribution in [0.25, 0.3) is 0 Å². The quantitative estimate of drug-likeness (QED) is 0.666. The van der Waals surface area contributed by atoms with Crippen LogP contribution in [0.1, 0.15) is 70.0 Å². The minimum atomic E-state index is -3.46. The van der Waals surface area contributed by atoms with E-state index in [0.717, 1.165) is 57.4 Å². The van der Waals surface area contributed by atoms with Gasteiger partial charge in [0.05, 0.1) is 11.4 Å². The summed E-state index contributed by atoms with van der Waals surface area (Å²) >= 11 is 0. The van der Waals surface area contributed by atoms with E-state index in [1.165, 1.54) is 0 Å². The molecule has 31 heavy (non-hydrogen) atoms. The first-order valence-corrected chi connectivity index (χ1v) is 13.0. The number of piperidine rings is 1. The molecule has 0 saturated carbocycles. The Balaban J connectivity index is 1.42. The summed E-state index contributed by atoms with van der Waals surface area (Å²) in [7, 11) is -3.46. The standard InChI is InChI=1S/C23H34N4O3S/c1-18(2)23-24-22(30-25-23)17-26-15-12-19(13-16-26)21-11-7-4-8-14-27(21)31(28,29)20-9-5-3-6-10-20/h3,5-6,9-10,18-19,21H,4,7-8,11-17H2,1-2H3.